The van der Waals surface area contributed by atoms with Gasteiger partial charge in [0.25, 0.3) is 5.91 Å². The van der Waals surface area contributed by atoms with Crippen molar-refractivity contribution in [2.45, 2.75) is 6.42 Å². The number of anilines is 1. The van der Waals surface area contributed by atoms with Crippen molar-refractivity contribution < 1.29 is 9.59 Å². The summed E-state index contributed by atoms with van der Waals surface area (Å²) >= 11 is 0. The molecule has 2 aromatic carbocycles. The molecule has 0 bridgehead atoms. The fraction of sp³-hybridized carbons (Fsp3) is 0.0500. The third-order valence-electron chi connectivity index (χ3n) is 4.25. The minimum atomic E-state index is -0.152. The van der Waals surface area contributed by atoms with Crippen molar-refractivity contribution in [3.63, 3.8) is 0 Å². The molecule has 0 aliphatic carbocycles. The standard InChI is InChI=1S/C20H15N3O2/c24-14-22-9-11-23(12-10-22)16-7-5-15(6-8-16)13-18-17-3-1-2-4-19(17)21-20(18)25/h1-12,14H,13H2. The van der Waals surface area contributed by atoms with E-state index in [4.69, 9.17) is 0 Å². The second-order valence-corrected chi connectivity index (χ2v) is 5.81. The van der Waals surface area contributed by atoms with E-state index in [1.54, 1.807) is 12.4 Å². The molecule has 0 saturated carbocycles. The van der Waals surface area contributed by atoms with Crippen LogP contribution in [0.25, 0.3) is 5.57 Å². The van der Waals surface area contributed by atoms with Crippen molar-refractivity contribution in [1.82, 2.24) is 4.90 Å². The molecular weight excluding hydrogens is 314 g/mol. The van der Waals surface area contributed by atoms with E-state index in [9.17, 15) is 9.59 Å². The highest BCUT2D eigenvalue weighted by Crippen LogP contribution is 2.20. The van der Waals surface area contributed by atoms with Crippen molar-refractivity contribution in [2.24, 2.45) is 4.99 Å². The SMILES string of the molecule is O=CN1C=CN(c2ccc(CC3=c4ccccc4=NC3=O)cc2)C=C1. The van der Waals surface area contributed by atoms with Gasteiger partial charge in [-0.15, -0.1) is 0 Å². The van der Waals surface area contributed by atoms with Crippen molar-refractivity contribution >= 4 is 23.6 Å². The predicted molar refractivity (Wildman–Crippen MR) is 94.4 cm³/mol. The van der Waals surface area contributed by atoms with Gasteiger partial charge in [-0.3, -0.25) is 14.5 Å². The summed E-state index contributed by atoms with van der Waals surface area (Å²) in [4.78, 5) is 30.3. The van der Waals surface area contributed by atoms with Gasteiger partial charge in [0, 0.05) is 47.7 Å². The Balaban J connectivity index is 1.57. The van der Waals surface area contributed by atoms with Crippen molar-refractivity contribution in [2.75, 3.05) is 4.90 Å². The first-order chi connectivity index (χ1) is 12.2. The van der Waals surface area contributed by atoms with Gasteiger partial charge in [-0.2, -0.15) is 0 Å². The number of benzene rings is 2. The number of para-hydroxylation sites is 1. The van der Waals surface area contributed by atoms with Crippen LogP contribution in [0, 0.1) is 0 Å². The Kier molecular flexibility index (Phi) is 3.74. The van der Waals surface area contributed by atoms with Crippen LogP contribution in [0.1, 0.15) is 5.56 Å². The lowest BCUT2D eigenvalue weighted by Gasteiger charge is -2.21. The van der Waals surface area contributed by atoms with Crippen molar-refractivity contribution in [3.05, 3.63) is 89.5 Å². The first-order valence-electron chi connectivity index (χ1n) is 7.92. The number of carbonyl (C=O) groups is 2. The Bertz CT molecular complexity index is 1010. The average molecular weight is 329 g/mol. The molecule has 5 nitrogen and oxygen atoms in total. The smallest absolute Gasteiger partial charge is 0.274 e. The lowest BCUT2D eigenvalue weighted by atomic mass is 10.0. The summed E-state index contributed by atoms with van der Waals surface area (Å²) < 4.78 is 0. The topological polar surface area (TPSA) is 53.0 Å². The average Bonchev–Trinajstić information content (AvgIpc) is 2.98. The molecule has 2 aliphatic rings. The molecule has 122 valence electrons. The highest BCUT2D eigenvalue weighted by atomic mass is 16.1. The summed E-state index contributed by atoms with van der Waals surface area (Å²) in [6.45, 7) is 0. The summed E-state index contributed by atoms with van der Waals surface area (Å²) in [5.41, 5.74) is 2.77. The largest absolute Gasteiger partial charge is 0.321 e. The van der Waals surface area contributed by atoms with Gasteiger partial charge in [0.1, 0.15) is 0 Å². The van der Waals surface area contributed by atoms with Gasteiger partial charge in [-0.25, -0.2) is 4.99 Å². The van der Waals surface area contributed by atoms with Crippen LogP contribution < -0.4 is 15.5 Å². The van der Waals surface area contributed by atoms with Crippen LogP contribution in [0.15, 0.2) is 78.3 Å². The minimum absolute atomic E-state index is 0.152. The lowest BCUT2D eigenvalue weighted by molar-refractivity contribution is -0.114. The molecule has 0 radical (unpaired) electrons. The molecule has 2 heterocycles. The molecule has 25 heavy (non-hydrogen) atoms. The van der Waals surface area contributed by atoms with Gasteiger partial charge in [0.2, 0.25) is 6.41 Å². The highest BCUT2D eigenvalue weighted by molar-refractivity contribution is 6.15. The number of carbonyl (C=O) groups excluding carboxylic acids is 2. The van der Waals surface area contributed by atoms with E-state index < -0.39 is 0 Å². The Morgan fingerprint density at radius 1 is 0.920 bits per heavy atom. The number of fused-ring (bicyclic) bond motifs is 1. The van der Waals surface area contributed by atoms with E-state index in [0.29, 0.717) is 6.42 Å². The van der Waals surface area contributed by atoms with Crippen LogP contribution in [-0.2, 0) is 16.0 Å². The number of amides is 2. The monoisotopic (exact) mass is 329 g/mol. The normalized spacial score (nSPS) is 15.4. The Morgan fingerprint density at radius 2 is 1.64 bits per heavy atom. The quantitative estimate of drug-likeness (QED) is 0.798. The van der Waals surface area contributed by atoms with Crippen molar-refractivity contribution in [3.8, 4) is 0 Å². The molecule has 0 aromatic heterocycles. The van der Waals surface area contributed by atoms with Crippen LogP contribution >= 0.6 is 0 Å². The molecule has 2 aromatic rings. The maximum Gasteiger partial charge on any atom is 0.274 e. The molecule has 5 heteroatoms. The molecule has 0 fully saturated rings. The Labute approximate surface area is 144 Å². The summed E-state index contributed by atoms with van der Waals surface area (Å²) in [6.07, 6.45) is 8.30. The second kappa shape index (κ2) is 6.20. The lowest BCUT2D eigenvalue weighted by Crippen LogP contribution is -2.22. The van der Waals surface area contributed by atoms with Gasteiger partial charge in [-0.1, -0.05) is 30.3 Å². The molecule has 2 aliphatic heterocycles. The molecule has 0 unspecified atom stereocenters. The van der Waals surface area contributed by atoms with Gasteiger partial charge >= 0.3 is 0 Å². The van der Waals surface area contributed by atoms with E-state index in [1.165, 1.54) is 4.90 Å². The fourth-order valence-electron chi connectivity index (χ4n) is 2.92. The zero-order valence-electron chi connectivity index (χ0n) is 13.4. The van der Waals surface area contributed by atoms with Crippen LogP contribution in [-0.4, -0.2) is 17.2 Å². The summed E-state index contributed by atoms with van der Waals surface area (Å²) in [6, 6.07) is 15.6. The number of hydrogen-bond donors (Lipinski definition) is 0. The second-order valence-electron chi connectivity index (χ2n) is 5.81. The first-order valence-corrected chi connectivity index (χ1v) is 7.92. The minimum Gasteiger partial charge on any atom is -0.321 e. The molecule has 0 saturated heterocycles. The third kappa shape index (κ3) is 2.87. The Morgan fingerprint density at radius 3 is 2.36 bits per heavy atom. The van der Waals surface area contributed by atoms with Crippen molar-refractivity contribution in [1.29, 1.82) is 0 Å². The van der Waals surface area contributed by atoms with Gasteiger partial charge in [0.15, 0.2) is 0 Å². The van der Waals surface area contributed by atoms with E-state index in [2.05, 4.69) is 4.99 Å². The third-order valence-corrected chi connectivity index (χ3v) is 4.25. The van der Waals surface area contributed by atoms with E-state index >= 15 is 0 Å². The van der Waals surface area contributed by atoms with E-state index in [1.807, 2.05) is 65.8 Å². The molecular formula is C20H15N3O2. The van der Waals surface area contributed by atoms with Gasteiger partial charge in [-0.05, 0) is 23.8 Å². The van der Waals surface area contributed by atoms with Crippen LogP contribution in [0.5, 0.6) is 0 Å². The maximum atomic E-state index is 12.1. The van der Waals surface area contributed by atoms with Crippen LogP contribution in [0.4, 0.5) is 5.69 Å². The number of rotatable bonds is 4. The highest BCUT2D eigenvalue weighted by Gasteiger charge is 2.16. The summed E-state index contributed by atoms with van der Waals surface area (Å²) in [7, 11) is 0. The molecule has 4 rings (SSSR count). The van der Waals surface area contributed by atoms with E-state index in [0.717, 1.165) is 33.8 Å². The first kappa shape index (κ1) is 15.1. The predicted octanol–water partition coefficient (Wildman–Crippen LogP) is 1.46. The zero-order chi connectivity index (χ0) is 17.2. The number of hydrogen-bond acceptors (Lipinski definition) is 3. The molecule has 2 amide bonds. The molecule has 0 atom stereocenters. The Hall–Kier alpha value is -3.47. The van der Waals surface area contributed by atoms with Gasteiger partial charge < -0.3 is 4.90 Å². The molecule has 0 spiro atoms. The van der Waals surface area contributed by atoms with E-state index in [-0.39, 0.29) is 5.91 Å². The molecule has 0 N–H and O–H groups in total. The van der Waals surface area contributed by atoms with Crippen LogP contribution in [0.3, 0.4) is 0 Å². The summed E-state index contributed by atoms with van der Waals surface area (Å²) in [5, 5.41) is 1.68. The van der Waals surface area contributed by atoms with Crippen LogP contribution in [0.2, 0.25) is 0 Å². The summed E-state index contributed by atoms with van der Waals surface area (Å²) in [5.74, 6) is -0.152. The zero-order valence-corrected chi connectivity index (χ0v) is 13.4. The number of nitrogens with zero attached hydrogens (tertiary/aromatic N) is 3. The fourth-order valence-corrected chi connectivity index (χ4v) is 2.92. The van der Waals surface area contributed by atoms with Gasteiger partial charge in [0.05, 0.1) is 5.36 Å². The maximum absolute atomic E-state index is 12.1.